The fraction of sp³-hybridized carbons (Fsp3) is 0.538. The van der Waals surface area contributed by atoms with Crippen molar-refractivity contribution in [1.29, 1.82) is 0 Å². The lowest BCUT2D eigenvalue weighted by molar-refractivity contribution is 0.184. The number of nitrogens with one attached hydrogen (secondary N) is 2. The Hall–Kier alpha value is -1.11. The second kappa shape index (κ2) is 6.88. The van der Waals surface area contributed by atoms with Crippen molar-refractivity contribution in [3.8, 4) is 0 Å². The van der Waals surface area contributed by atoms with Crippen LogP contribution >= 0.6 is 0 Å². The molecule has 0 saturated heterocycles. The van der Waals surface area contributed by atoms with Crippen molar-refractivity contribution in [2.45, 2.75) is 31.2 Å². The molecule has 0 amide bonds. The first-order chi connectivity index (χ1) is 8.94. The highest BCUT2D eigenvalue weighted by Gasteiger charge is 2.14. The molecule has 0 aliphatic rings. The van der Waals surface area contributed by atoms with E-state index in [1.54, 1.807) is 25.3 Å². The average Bonchev–Trinajstić information content (AvgIpc) is 2.40. The molecule has 0 bridgehead atoms. The molecule has 0 saturated carbocycles. The number of rotatable bonds is 7. The summed E-state index contributed by atoms with van der Waals surface area (Å²) in [6.45, 7) is 4.58. The predicted molar refractivity (Wildman–Crippen MR) is 77.0 cm³/mol. The van der Waals surface area contributed by atoms with E-state index >= 15 is 0 Å². The van der Waals surface area contributed by atoms with Crippen LogP contribution in [-0.2, 0) is 14.8 Å². The van der Waals surface area contributed by atoms with E-state index in [2.05, 4.69) is 17.0 Å². The molecule has 5 nitrogen and oxygen atoms in total. The topological polar surface area (TPSA) is 67.4 Å². The molecule has 1 atom stereocenters. The van der Waals surface area contributed by atoms with Crippen LogP contribution in [0.1, 0.15) is 18.9 Å². The largest absolute Gasteiger partial charge is 0.383 e. The van der Waals surface area contributed by atoms with E-state index in [1.807, 2.05) is 6.92 Å². The van der Waals surface area contributed by atoms with Gasteiger partial charge in [-0.3, -0.25) is 0 Å². The first-order valence-corrected chi connectivity index (χ1v) is 7.72. The first kappa shape index (κ1) is 15.9. The summed E-state index contributed by atoms with van der Waals surface area (Å²) in [5, 5.41) is 3.32. The molecule has 0 aliphatic carbocycles. The van der Waals surface area contributed by atoms with Crippen molar-refractivity contribution < 1.29 is 13.2 Å². The maximum absolute atomic E-state index is 11.8. The summed E-state index contributed by atoms with van der Waals surface area (Å²) in [5.74, 6) is 0. The van der Waals surface area contributed by atoms with Crippen LogP contribution in [-0.4, -0.2) is 35.2 Å². The minimum atomic E-state index is -3.41. The van der Waals surface area contributed by atoms with Crippen molar-refractivity contribution in [2.24, 2.45) is 0 Å². The van der Waals surface area contributed by atoms with Crippen LogP contribution in [0, 0.1) is 6.92 Å². The third-order valence-corrected chi connectivity index (χ3v) is 4.42. The molecular formula is C13H22N2O3S. The van der Waals surface area contributed by atoms with E-state index in [-0.39, 0.29) is 10.9 Å². The van der Waals surface area contributed by atoms with Gasteiger partial charge in [0.25, 0.3) is 0 Å². The average molecular weight is 286 g/mol. The van der Waals surface area contributed by atoms with Gasteiger partial charge in [-0.25, -0.2) is 13.1 Å². The standard InChI is InChI=1S/C13H22N2O3S/c1-5-11(9-18-4)15-13-8-12(7-6-10(13)2)19(16,17)14-3/h6-8,11,14-15H,5,9H2,1-4H3. The Morgan fingerprint density at radius 3 is 2.58 bits per heavy atom. The van der Waals surface area contributed by atoms with Gasteiger partial charge in [-0.05, 0) is 38.1 Å². The fourth-order valence-electron chi connectivity index (χ4n) is 1.72. The van der Waals surface area contributed by atoms with Crippen LogP contribution in [0.25, 0.3) is 0 Å². The van der Waals surface area contributed by atoms with E-state index in [0.29, 0.717) is 6.61 Å². The number of anilines is 1. The number of sulfonamides is 1. The summed E-state index contributed by atoms with van der Waals surface area (Å²) in [4.78, 5) is 0.260. The van der Waals surface area contributed by atoms with Gasteiger partial charge < -0.3 is 10.1 Å². The molecule has 2 N–H and O–H groups in total. The van der Waals surface area contributed by atoms with Crippen LogP contribution in [0.4, 0.5) is 5.69 Å². The summed E-state index contributed by atoms with van der Waals surface area (Å²) < 4.78 is 31.0. The summed E-state index contributed by atoms with van der Waals surface area (Å²) in [7, 11) is -0.357. The van der Waals surface area contributed by atoms with Crippen LogP contribution in [0.5, 0.6) is 0 Å². The molecule has 1 aromatic rings. The van der Waals surface area contributed by atoms with Gasteiger partial charge in [0.1, 0.15) is 0 Å². The molecule has 0 aliphatic heterocycles. The number of hydrogen-bond acceptors (Lipinski definition) is 4. The minimum Gasteiger partial charge on any atom is -0.383 e. The number of benzene rings is 1. The van der Waals surface area contributed by atoms with Gasteiger partial charge in [-0.1, -0.05) is 13.0 Å². The van der Waals surface area contributed by atoms with Crippen molar-refractivity contribution in [2.75, 3.05) is 26.1 Å². The number of hydrogen-bond donors (Lipinski definition) is 2. The number of ether oxygens (including phenoxy) is 1. The summed E-state index contributed by atoms with van der Waals surface area (Å²) >= 11 is 0. The molecule has 108 valence electrons. The van der Waals surface area contributed by atoms with Crippen LogP contribution in [0.2, 0.25) is 0 Å². The Kier molecular flexibility index (Phi) is 5.78. The van der Waals surface area contributed by atoms with E-state index in [4.69, 9.17) is 4.74 Å². The van der Waals surface area contributed by atoms with Gasteiger partial charge in [-0.15, -0.1) is 0 Å². The molecule has 0 spiro atoms. The summed E-state index contributed by atoms with van der Waals surface area (Å²) in [6, 6.07) is 5.21. The Morgan fingerprint density at radius 1 is 1.37 bits per heavy atom. The molecule has 0 heterocycles. The number of methoxy groups -OCH3 is 1. The lowest BCUT2D eigenvalue weighted by Gasteiger charge is -2.19. The highest BCUT2D eigenvalue weighted by atomic mass is 32.2. The van der Waals surface area contributed by atoms with E-state index in [9.17, 15) is 8.42 Å². The highest BCUT2D eigenvalue weighted by Crippen LogP contribution is 2.21. The monoisotopic (exact) mass is 286 g/mol. The zero-order valence-electron chi connectivity index (χ0n) is 11.9. The Bertz CT molecular complexity index is 515. The predicted octanol–water partition coefficient (Wildman–Crippen LogP) is 1.74. The number of aryl methyl sites for hydroxylation is 1. The third-order valence-electron chi connectivity index (χ3n) is 3.01. The van der Waals surface area contributed by atoms with Gasteiger partial charge in [0, 0.05) is 18.8 Å². The Morgan fingerprint density at radius 2 is 2.05 bits per heavy atom. The maximum Gasteiger partial charge on any atom is 0.240 e. The Labute approximate surface area is 115 Å². The smallest absolute Gasteiger partial charge is 0.240 e. The van der Waals surface area contributed by atoms with Crippen molar-refractivity contribution in [3.63, 3.8) is 0 Å². The van der Waals surface area contributed by atoms with E-state index in [0.717, 1.165) is 17.7 Å². The quantitative estimate of drug-likeness (QED) is 0.801. The molecular weight excluding hydrogens is 264 g/mol. The van der Waals surface area contributed by atoms with Crippen molar-refractivity contribution in [1.82, 2.24) is 4.72 Å². The molecule has 0 aromatic heterocycles. The van der Waals surface area contributed by atoms with Gasteiger partial charge in [0.15, 0.2) is 0 Å². The van der Waals surface area contributed by atoms with Gasteiger partial charge in [0.2, 0.25) is 10.0 Å². The Balaban J connectivity index is 3.04. The first-order valence-electron chi connectivity index (χ1n) is 6.24. The van der Waals surface area contributed by atoms with Crippen LogP contribution in [0.3, 0.4) is 0 Å². The molecule has 0 radical (unpaired) electrons. The van der Waals surface area contributed by atoms with E-state index < -0.39 is 10.0 Å². The van der Waals surface area contributed by atoms with Crippen LogP contribution in [0.15, 0.2) is 23.1 Å². The second-order valence-corrected chi connectivity index (χ2v) is 6.28. The zero-order valence-corrected chi connectivity index (χ0v) is 12.7. The molecule has 1 rings (SSSR count). The SMILES string of the molecule is CCC(COC)Nc1cc(S(=O)(=O)NC)ccc1C. The summed E-state index contributed by atoms with van der Waals surface area (Å²) in [5.41, 5.74) is 1.82. The zero-order chi connectivity index (χ0) is 14.5. The molecule has 0 fully saturated rings. The molecule has 1 aromatic carbocycles. The van der Waals surface area contributed by atoms with Gasteiger partial charge in [-0.2, -0.15) is 0 Å². The lowest BCUT2D eigenvalue weighted by Crippen LogP contribution is -2.25. The normalized spacial score (nSPS) is 13.3. The van der Waals surface area contributed by atoms with Gasteiger partial charge in [0.05, 0.1) is 11.5 Å². The van der Waals surface area contributed by atoms with Crippen molar-refractivity contribution >= 4 is 15.7 Å². The third kappa shape index (κ3) is 4.19. The molecule has 19 heavy (non-hydrogen) atoms. The minimum absolute atomic E-state index is 0.163. The molecule has 1 unspecified atom stereocenters. The van der Waals surface area contributed by atoms with Crippen LogP contribution < -0.4 is 10.0 Å². The maximum atomic E-state index is 11.8. The summed E-state index contributed by atoms with van der Waals surface area (Å²) in [6.07, 6.45) is 0.899. The molecule has 6 heteroatoms. The van der Waals surface area contributed by atoms with Crippen molar-refractivity contribution in [3.05, 3.63) is 23.8 Å². The highest BCUT2D eigenvalue weighted by molar-refractivity contribution is 7.89. The second-order valence-electron chi connectivity index (χ2n) is 4.39. The fourth-order valence-corrected chi connectivity index (χ4v) is 2.48. The van der Waals surface area contributed by atoms with Gasteiger partial charge >= 0.3 is 0 Å². The van der Waals surface area contributed by atoms with E-state index in [1.165, 1.54) is 7.05 Å². The lowest BCUT2D eigenvalue weighted by atomic mass is 10.1.